The lowest BCUT2D eigenvalue weighted by atomic mass is 9.94. The van der Waals surface area contributed by atoms with E-state index in [-0.39, 0.29) is 17.3 Å². The number of alkyl halides is 1. The smallest absolute Gasteiger partial charge is 0.255 e. The van der Waals surface area contributed by atoms with Crippen LogP contribution in [0.5, 0.6) is 0 Å². The van der Waals surface area contributed by atoms with Gasteiger partial charge in [-0.2, -0.15) is 5.10 Å². The van der Waals surface area contributed by atoms with E-state index >= 15 is 0 Å². The molecule has 1 aromatic rings. The maximum atomic E-state index is 12.2. The molecule has 4 nitrogen and oxygen atoms in total. The number of amides is 1. The molecule has 0 aromatic carbocycles. The largest absolute Gasteiger partial charge is 0.348 e. The molecule has 5 heteroatoms. The van der Waals surface area contributed by atoms with Crippen LogP contribution >= 0.6 is 11.6 Å². The summed E-state index contributed by atoms with van der Waals surface area (Å²) in [6.45, 7) is 2.00. The van der Waals surface area contributed by atoms with Crippen LogP contribution in [0.15, 0.2) is 6.20 Å². The second kappa shape index (κ2) is 5.74. The van der Waals surface area contributed by atoms with Crippen LogP contribution in [0.1, 0.15) is 48.7 Å². The van der Waals surface area contributed by atoms with Crippen LogP contribution in [-0.4, -0.2) is 27.1 Å². The van der Waals surface area contributed by atoms with Crippen LogP contribution in [0.2, 0.25) is 0 Å². The molecule has 1 aromatic heterocycles. The quantitative estimate of drug-likeness (QED) is 0.856. The topological polar surface area (TPSA) is 46.9 Å². The standard InChI is InChI=1S/C13H20ClN3O/c1-3-11-9(8-17(2)16-11)13(18)15-12-7-5-4-6-10(12)14/h8,10,12H,3-7H2,1-2H3,(H,15,18). The summed E-state index contributed by atoms with van der Waals surface area (Å²) in [6.07, 6.45) is 6.80. The predicted molar refractivity (Wildman–Crippen MR) is 71.9 cm³/mol. The lowest BCUT2D eigenvalue weighted by Crippen LogP contribution is -2.43. The van der Waals surface area contributed by atoms with Gasteiger partial charge in [-0.05, 0) is 19.3 Å². The first kappa shape index (κ1) is 13.4. The van der Waals surface area contributed by atoms with Gasteiger partial charge in [0.05, 0.1) is 16.6 Å². The molecule has 0 aliphatic heterocycles. The van der Waals surface area contributed by atoms with Crippen molar-refractivity contribution in [1.82, 2.24) is 15.1 Å². The van der Waals surface area contributed by atoms with Crippen molar-refractivity contribution in [1.29, 1.82) is 0 Å². The van der Waals surface area contributed by atoms with Gasteiger partial charge >= 0.3 is 0 Å². The van der Waals surface area contributed by atoms with Crippen LogP contribution in [0, 0.1) is 0 Å². The Morgan fingerprint density at radius 1 is 1.56 bits per heavy atom. The first-order valence-electron chi connectivity index (χ1n) is 6.59. The molecular weight excluding hydrogens is 250 g/mol. The third-order valence-corrected chi connectivity index (χ3v) is 4.01. The van der Waals surface area contributed by atoms with E-state index in [1.165, 1.54) is 0 Å². The van der Waals surface area contributed by atoms with Gasteiger partial charge in [-0.3, -0.25) is 9.48 Å². The molecule has 18 heavy (non-hydrogen) atoms. The number of aryl methyl sites for hydroxylation is 2. The Bertz CT molecular complexity index is 430. The van der Waals surface area contributed by atoms with E-state index < -0.39 is 0 Å². The highest BCUT2D eigenvalue weighted by atomic mass is 35.5. The van der Waals surface area contributed by atoms with E-state index in [0.717, 1.165) is 37.8 Å². The lowest BCUT2D eigenvalue weighted by Gasteiger charge is -2.27. The van der Waals surface area contributed by atoms with Gasteiger partial charge in [-0.1, -0.05) is 19.8 Å². The summed E-state index contributed by atoms with van der Waals surface area (Å²) in [6, 6.07) is 0.0952. The van der Waals surface area contributed by atoms with Gasteiger partial charge in [0.1, 0.15) is 0 Å². The van der Waals surface area contributed by atoms with E-state index in [0.29, 0.717) is 5.56 Å². The average Bonchev–Trinajstić information content (AvgIpc) is 2.73. The van der Waals surface area contributed by atoms with Crippen molar-refractivity contribution >= 4 is 17.5 Å². The second-order valence-corrected chi connectivity index (χ2v) is 5.46. The van der Waals surface area contributed by atoms with Gasteiger partial charge in [0.15, 0.2) is 0 Å². The van der Waals surface area contributed by atoms with Crippen molar-refractivity contribution < 1.29 is 4.79 Å². The van der Waals surface area contributed by atoms with Crippen LogP contribution in [0.4, 0.5) is 0 Å². The van der Waals surface area contributed by atoms with Crippen molar-refractivity contribution in [2.24, 2.45) is 7.05 Å². The van der Waals surface area contributed by atoms with E-state index in [1.54, 1.807) is 10.9 Å². The van der Waals surface area contributed by atoms with E-state index in [4.69, 9.17) is 11.6 Å². The third kappa shape index (κ3) is 2.86. The molecule has 2 atom stereocenters. The van der Waals surface area contributed by atoms with Crippen LogP contribution in [-0.2, 0) is 13.5 Å². The SMILES string of the molecule is CCc1nn(C)cc1C(=O)NC1CCCCC1Cl. The molecular formula is C13H20ClN3O. The van der Waals surface area contributed by atoms with Crippen molar-refractivity contribution in [3.8, 4) is 0 Å². The Labute approximate surface area is 113 Å². The Kier molecular flexibility index (Phi) is 4.27. The molecule has 1 aliphatic carbocycles. The first-order chi connectivity index (χ1) is 8.61. The maximum absolute atomic E-state index is 12.2. The van der Waals surface area contributed by atoms with Crippen LogP contribution in [0.25, 0.3) is 0 Å². The fourth-order valence-electron chi connectivity index (χ4n) is 2.48. The normalized spacial score (nSPS) is 23.9. The Hall–Kier alpha value is -1.03. The first-order valence-corrected chi connectivity index (χ1v) is 7.03. The molecule has 1 saturated carbocycles. The highest BCUT2D eigenvalue weighted by molar-refractivity contribution is 6.21. The van der Waals surface area contributed by atoms with Gasteiger partial charge in [-0.25, -0.2) is 0 Å². The number of nitrogens with zero attached hydrogens (tertiary/aromatic N) is 2. The molecule has 0 saturated heterocycles. The fraction of sp³-hybridized carbons (Fsp3) is 0.692. The summed E-state index contributed by atoms with van der Waals surface area (Å²) in [5.41, 5.74) is 1.52. The predicted octanol–water partition coefficient (Wildman–Crippen LogP) is 2.26. The van der Waals surface area contributed by atoms with Crippen LogP contribution < -0.4 is 5.32 Å². The summed E-state index contributed by atoms with van der Waals surface area (Å²) in [7, 11) is 1.83. The zero-order valence-corrected chi connectivity index (χ0v) is 11.7. The van der Waals surface area contributed by atoms with Gasteiger partial charge in [0.2, 0.25) is 0 Å². The lowest BCUT2D eigenvalue weighted by molar-refractivity contribution is 0.0927. The van der Waals surface area contributed by atoms with Crippen molar-refractivity contribution in [2.45, 2.75) is 50.4 Å². The molecule has 1 amide bonds. The van der Waals surface area contributed by atoms with Crippen LogP contribution in [0.3, 0.4) is 0 Å². The summed E-state index contributed by atoms with van der Waals surface area (Å²) in [5, 5.41) is 7.39. The van der Waals surface area contributed by atoms with Gasteiger partial charge < -0.3 is 5.32 Å². The summed E-state index contributed by atoms with van der Waals surface area (Å²) >= 11 is 6.26. The number of nitrogens with one attached hydrogen (secondary N) is 1. The second-order valence-electron chi connectivity index (χ2n) is 4.90. The number of carbonyl (C=O) groups excluding carboxylic acids is 1. The number of hydrogen-bond acceptors (Lipinski definition) is 2. The zero-order valence-electron chi connectivity index (χ0n) is 10.9. The molecule has 1 heterocycles. The molecule has 0 radical (unpaired) electrons. The molecule has 0 bridgehead atoms. The highest BCUT2D eigenvalue weighted by Crippen LogP contribution is 2.23. The summed E-state index contributed by atoms with van der Waals surface area (Å²) in [4.78, 5) is 12.2. The Balaban J connectivity index is 2.06. The zero-order chi connectivity index (χ0) is 13.1. The van der Waals surface area contributed by atoms with Crippen molar-refractivity contribution in [3.05, 3.63) is 17.5 Å². The molecule has 1 aliphatic rings. The Morgan fingerprint density at radius 2 is 2.28 bits per heavy atom. The molecule has 100 valence electrons. The molecule has 1 N–H and O–H groups in total. The van der Waals surface area contributed by atoms with Gasteiger partial charge in [-0.15, -0.1) is 11.6 Å². The van der Waals surface area contributed by atoms with Crippen molar-refractivity contribution in [2.75, 3.05) is 0 Å². The number of hydrogen-bond donors (Lipinski definition) is 1. The molecule has 1 fully saturated rings. The minimum Gasteiger partial charge on any atom is -0.348 e. The van der Waals surface area contributed by atoms with E-state index in [9.17, 15) is 4.79 Å². The minimum atomic E-state index is -0.0440. The Morgan fingerprint density at radius 3 is 2.94 bits per heavy atom. The number of rotatable bonds is 3. The summed E-state index contributed by atoms with van der Waals surface area (Å²) < 4.78 is 1.69. The van der Waals surface area contributed by atoms with E-state index in [2.05, 4.69) is 10.4 Å². The maximum Gasteiger partial charge on any atom is 0.255 e. The molecule has 0 spiro atoms. The highest BCUT2D eigenvalue weighted by Gasteiger charge is 2.26. The third-order valence-electron chi connectivity index (χ3n) is 3.48. The van der Waals surface area contributed by atoms with Gasteiger partial charge in [0.25, 0.3) is 5.91 Å². The number of halogens is 1. The molecule has 2 unspecified atom stereocenters. The number of aromatic nitrogens is 2. The molecule has 2 rings (SSSR count). The van der Waals surface area contributed by atoms with E-state index in [1.807, 2.05) is 14.0 Å². The monoisotopic (exact) mass is 269 g/mol. The average molecular weight is 270 g/mol. The minimum absolute atomic E-state index is 0.0440. The van der Waals surface area contributed by atoms with Crippen molar-refractivity contribution in [3.63, 3.8) is 0 Å². The van der Waals surface area contributed by atoms with Gasteiger partial charge in [0, 0.05) is 19.3 Å². The number of carbonyl (C=O) groups is 1. The fourth-order valence-corrected chi connectivity index (χ4v) is 2.82. The summed E-state index contributed by atoms with van der Waals surface area (Å²) in [5.74, 6) is -0.0440.